The summed E-state index contributed by atoms with van der Waals surface area (Å²) in [6.07, 6.45) is 7.14. The van der Waals surface area contributed by atoms with Gasteiger partial charge in [-0.2, -0.15) is 5.10 Å². The lowest BCUT2D eigenvalue weighted by Crippen LogP contribution is -2.18. The van der Waals surface area contributed by atoms with Gasteiger partial charge in [-0.15, -0.1) is 0 Å². The Balaban J connectivity index is 1.78. The molecule has 1 fully saturated rings. The molecule has 0 radical (unpaired) electrons. The lowest BCUT2D eigenvalue weighted by molar-refractivity contribution is 0.301. The van der Waals surface area contributed by atoms with Crippen LogP contribution in [0.3, 0.4) is 0 Å². The van der Waals surface area contributed by atoms with Crippen LogP contribution in [-0.4, -0.2) is 45.5 Å². The van der Waals surface area contributed by atoms with Gasteiger partial charge in [0.25, 0.3) is 5.56 Å². The zero-order valence-corrected chi connectivity index (χ0v) is 20.0. The maximum Gasteiger partial charge on any atom is 0.261 e. The summed E-state index contributed by atoms with van der Waals surface area (Å²) in [7, 11) is -1.80. The van der Waals surface area contributed by atoms with Crippen LogP contribution in [0.5, 0.6) is 5.75 Å². The Hall–Kier alpha value is -3.53. The molecule has 0 amide bonds. The minimum atomic E-state index is -3.45. The first-order valence-corrected chi connectivity index (χ1v) is 12.8. The van der Waals surface area contributed by atoms with Crippen molar-refractivity contribution in [2.75, 3.05) is 12.4 Å². The number of fused-ring (bicyclic) bond motifs is 1. The molecule has 0 saturated heterocycles. The third-order valence-electron chi connectivity index (χ3n) is 6.14. The molecule has 10 heteroatoms. The predicted octanol–water partition coefficient (Wildman–Crippen LogP) is 3.28. The van der Waals surface area contributed by atoms with Crippen molar-refractivity contribution in [3.8, 4) is 28.3 Å². The average Bonchev–Trinajstić information content (AvgIpc) is 3.57. The van der Waals surface area contributed by atoms with E-state index in [0.717, 1.165) is 24.1 Å². The van der Waals surface area contributed by atoms with E-state index in [0.29, 0.717) is 46.1 Å². The van der Waals surface area contributed by atoms with Gasteiger partial charge in [0, 0.05) is 36.8 Å². The minimum Gasteiger partial charge on any atom is -0.493 e. The van der Waals surface area contributed by atoms with Crippen molar-refractivity contribution in [2.24, 2.45) is 13.0 Å². The molecule has 4 aromatic rings. The van der Waals surface area contributed by atoms with Gasteiger partial charge >= 0.3 is 0 Å². The number of hydrogen-bond donors (Lipinski definition) is 1. The Bertz CT molecular complexity index is 1570. The summed E-state index contributed by atoms with van der Waals surface area (Å²) in [5.74, 6) is 1.48. The van der Waals surface area contributed by atoms with Crippen LogP contribution in [0.25, 0.3) is 33.4 Å². The fourth-order valence-corrected chi connectivity index (χ4v) is 4.76. The lowest BCUT2D eigenvalue weighted by Gasteiger charge is -2.16. The van der Waals surface area contributed by atoms with Crippen LogP contribution in [0, 0.1) is 12.8 Å². The van der Waals surface area contributed by atoms with Crippen LogP contribution in [0.15, 0.2) is 46.5 Å². The van der Waals surface area contributed by atoms with E-state index < -0.39 is 9.84 Å². The Labute approximate surface area is 196 Å². The quantitative estimate of drug-likeness (QED) is 0.432. The first kappa shape index (κ1) is 22.3. The third kappa shape index (κ3) is 3.98. The van der Waals surface area contributed by atoms with E-state index in [2.05, 4.69) is 15.2 Å². The topological polar surface area (TPSA) is 120 Å². The number of aryl methyl sites for hydroxylation is 2. The van der Waals surface area contributed by atoms with Gasteiger partial charge in [0.15, 0.2) is 15.7 Å². The molecule has 0 atom stereocenters. The van der Waals surface area contributed by atoms with Crippen molar-refractivity contribution < 1.29 is 13.2 Å². The molecule has 1 N–H and O–H groups in total. The molecule has 1 aliphatic carbocycles. The normalized spacial score (nSPS) is 14.0. The molecule has 176 valence electrons. The maximum atomic E-state index is 12.9. The number of rotatable bonds is 7. The van der Waals surface area contributed by atoms with Crippen molar-refractivity contribution in [1.82, 2.24) is 24.7 Å². The molecule has 3 aromatic heterocycles. The monoisotopic (exact) mass is 479 g/mol. The number of pyridine rings is 1. The average molecular weight is 480 g/mol. The smallest absolute Gasteiger partial charge is 0.261 e. The van der Waals surface area contributed by atoms with Crippen LogP contribution >= 0.6 is 0 Å². The summed E-state index contributed by atoms with van der Waals surface area (Å²) >= 11 is 0. The highest BCUT2D eigenvalue weighted by molar-refractivity contribution is 7.91. The van der Waals surface area contributed by atoms with E-state index in [9.17, 15) is 13.2 Å². The molecule has 9 nitrogen and oxygen atoms in total. The number of ether oxygens (including phenoxy) is 1. The van der Waals surface area contributed by atoms with Crippen LogP contribution in [0.2, 0.25) is 0 Å². The molecular formula is C24H25N5O4S. The molecule has 0 aliphatic heterocycles. The van der Waals surface area contributed by atoms with Gasteiger partial charge in [-0.05, 0) is 43.9 Å². The van der Waals surface area contributed by atoms with E-state index >= 15 is 0 Å². The van der Waals surface area contributed by atoms with Crippen LogP contribution in [-0.2, 0) is 16.9 Å². The van der Waals surface area contributed by atoms with E-state index in [1.807, 2.05) is 6.92 Å². The van der Waals surface area contributed by atoms with Crippen molar-refractivity contribution in [1.29, 1.82) is 0 Å². The van der Waals surface area contributed by atoms with Crippen molar-refractivity contribution in [2.45, 2.75) is 31.6 Å². The van der Waals surface area contributed by atoms with Gasteiger partial charge < -0.3 is 9.30 Å². The molecule has 0 spiro atoms. The van der Waals surface area contributed by atoms with Crippen LogP contribution < -0.4 is 10.3 Å². The highest BCUT2D eigenvalue weighted by atomic mass is 32.2. The minimum absolute atomic E-state index is 0.0190. The number of benzene rings is 1. The molecule has 1 aliphatic rings. The standard InChI is InChI=1S/C24H25N5O4S/c1-4-34(31,32)16-7-8-21(33-13-15-5-6-15)17(9-16)20-12-29(3)24(30)19-10-25-23(27-22(19)20)18-11-26-28-14(18)2/h7-12,15H,4-6,13H2,1-3H3,(H,26,28). The van der Waals surface area contributed by atoms with Crippen molar-refractivity contribution >= 4 is 20.7 Å². The largest absolute Gasteiger partial charge is 0.493 e. The van der Waals surface area contributed by atoms with Gasteiger partial charge in [-0.25, -0.2) is 18.4 Å². The molecule has 34 heavy (non-hydrogen) atoms. The van der Waals surface area contributed by atoms with Gasteiger partial charge in [-0.1, -0.05) is 6.92 Å². The van der Waals surface area contributed by atoms with Gasteiger partial charge in [0.05, 0.1) is 39.4 Å². The SMILES string of the molecule is CCS(=O)(=O)c1ccc(OCC2CC2)c(-c2cn(C)c(=O)c3cnc(-c4c[nH]nc4C)nc23)c1. The number of sulfone groups is 1. The lowest BCUT2D eigenvalue weighted by atomic mass is 10.0. The number of aromatic amines is 1. The van der Waals surface area contributed by atoms with Crippen LogP contribution in [0.1, 0.15) is 25.5 Å². The first-order chi connectivity index (χ1) is 16.3. The molecule has 3 heterocycles. The van der Waals surface area contributed by atoms with Gasteiger partial charge in [-0.3, -0.25) is 9.89 Å². The molecule has 1 saturated carbocycles. The zero-order valence-electron chi connectivity index (χ0n) is 19.2. The van der Waals surface area contributed by atoms with Crippen molar-refractivity contribution in [3.05, 3.63) is 52.8 Å². The summed E-state index contributed by atoms with van der Waals surface area (Å²) in [5.41, 5.74) is 2.81. The molecule has 0 unspecified atom stereocenters. The molecule has 1 aromatic carbocycles. The summed E-state index contributed by atoms with van der Waals surface area (Å²) in [6.45, 7) is 4.01. The second-order valence-corrected chi connectivity index (χ2v) is 10.9. The fraction of sp³-hybridized carbons (Fsp3) is 0.333. The van der Waals surface area contributed by atoms with Gasteiger partial charge in [0.1, 0.15) is 5.75 Å². The van der Waals surface area contributed by atoms with E-state index in [-0.39, 0.29) is 16.2 Å². The molecule has 5 rings (SSSR count). The zero-order chi connectivity index (χ0) is 24.0. The summed E-state index contributed by atoms with van der Waals surface area (Å²) in [6, 6.07) is 4.88. The van der Waals surface area contributed by atoms with Gasteiger partial charge in [0.2, 0.25) is 0 Å². The fourth-order valence-electron chi connectivity index (χ4n) is 3.86. The summed E-state index contributed by atoms with van der Waals surface area (Å²) < 4.78 is 32.9. The van der Waals surface area contributed by atoms with E-state index in [4.69, 9.17) is 9.72 Å². The number of hydrogen-bond acceptors (Lipinski definition) is 7. The molecular weight excluding hydrogens is 454 g/mol. The summed E-state index contributed by atoms with van der Waals surface area (Å²) in [4.78, 5) is 22.2. The van der Waals surface area contributed by atoms with Crippen molar-refractivity contribution in [3.63, 3.8) is 0 Å². The Morgan fingerprint density at radius 1 is 1.21 bits per heavy atom. The molecule has 0 bridgehead atoms. The highest BCUT2D eigenvalue weighted by Crippen LogP contribution is 2.38. The third-order valence-corrected chi connectivity index (χ3v) is 7.87. The highest BCUT2D eigenvalue weighted by Gasteiger charge is 2.24. The number of H-pyrrole nitrogens is 1. The second-order valence-electron chi connectivity index (χ2n) is 8.61. The predicted molar refractivity (Wildman–Crippen MR) is 128 cm³/mol. The number of nitrogens with zero attached hydrogens (tertiary/aromatic N) is 4. The Morgan fingerprint density at radius 3 is 2.68 bits per heavy atom. The van der Waals surface area contributed by atoms with E-state index in [1.54, 1.807) is 44.6 Å². The number of aromatic nitrogens is 5. The Kier molecular flexibility index (Phi) is 5.47. The maximum absolute atomic E-state index is 12.9. The van der Waals surface area contributed by atoms with Crippen LogP contribution in [0.4, 0.5) is 0 Å². The first-order valence-electron chi connectivity index (χ1n) is 11.2. The Morgan fingerprint density at radius 2 is 2.00 bits per heavy atom. The summed E-state index contributed by atoms with van der Waals surface area (Å²) in [5, 5.41) is 7.27. The second kappa shape index (κ2) is 8.35. The number of nitrogens with one attached hydrogen (secondary N) is 1. The van der Waals surface area contributed by atoms with E-state index in [1.165, 1.54) is 10.8 Å².